The lowest BCUT2D eigenvalue weighted by atomic mass is 10.1. The van der Waals surface area contributed by atoms with Crippen LogP contribution in [0.25, 0.3) is 22.5 Å². The number of carbonyl (C=O) groups is 1. The quantitative estimate of drug-likeness (QED) is 0.403. The van der Waals surface area contributed by atoms with Crippen molar-refractivity contribution in [2.75, 3.05) is 0 Å². The maximum atomic E-state index is 12.2. The number of pyridine rings is 1. The summed E-state index contributed by atoms with van der Waals surface area (Å²) in [6.07, 6.45) is 4.80. The van der Waals surface area contributed by atoms with Crippen LogP contribution in [0.3, 0.4) is 0 Å². The van der Waals surface area contributed by atoms with E-state index < -0.39 is 0 Å². The van der Waals surface area contributed by atoms with Crippen molar-refractivity contribution >= 4 is 12.1 Å². The van der Waals surface area contributed by atoms with E-state index in [2.05, 4.69) is 20.5 Å². The number of amides is 1. The zero-order chi connectivity index (χ0) is 19.2. The third kappa shape index (κ3) is 3.88. The number of benzene rings is 2. The normalized spacial score (nSPS) is 10.9. The van der Waals surface area contributed by atoms with E-state index >= 15 is 0 Å². The maximum Gasteiger partial charge on any atom is 0.271 e. The zero-order valence-corrected chi connectivity index (χ0v) is 15.0. The molecule has 0 bridgehead atoms. The van der Waals surface area contributed by atoms with Crippen LogP contribution in [0.5, 0.6) is 0 Å². The second-order valence-electron chi connectivity index (χ2n) is 6.18. The highest BCUT2D eigenvalue weighted by Gasteiger charge is 2.10. The smallest absolute Gasteiger partial charge is 0.271 e. The molecule has 4 rings (SSSR count). The molecule has 0 aliphatic heterocycles. The monoisotopic (exact) mass is 366 g/mol. The van der Waals surface area contributed by atoms with E-state index in [4.69, 9.17) is 0 Å². The number of aromatic nitrogens is 2. The van der Waals surface area contributed by atoms with Crippen LogP contribution in [0.4, 0.5) is 0 Å². The van der Waals surface area contributed by atoms with Crippen LogP contribution >= 0.6 is 0 Å². The summed E-state index contributed by atoms with van der Waals surface area (Å²) in [5.41, 5.74) is 8.03. The molecule has 2 aromatic carbocycles. The van der Waals surface area contributed by atoms with E-state index in [0.717, 1.165) is 28.1 Å². The molecule has 0 aliphatic rings. The fourth-order valence-corrected chi connectivity index (χ4v) is 2.92. The van der Waals surface area contributed by atoms with Gasteiger partial charge < -0.3 is 4.98 Å². The largest absolute Gasteiger partial charge is 0.354 e. The van der Waals surface area contributed by atoms with E-state index in [1.54, 1.807) is 30.7 Å². The number of hydrogen-bond donors (Lipinski definition) is 2. The summed E-state index contributed by atoms with van der Waals surface area (Å²) in [7, 11) is 0. The van der Waals surface area contributed by atoms with Crippen molar-refractivity contribution in [2.45, 2.75) is 0 Å². The zero-order valence-electron chi connectivity index (χ0n) is 15.0. The van der Waals surface area contributed by atoms with Crippen LogP contribution in [0.2, 0.25) is 0 Å². The van der Waals surface area contributed by atoms with Gasteiger partial charge in [-0.15, -0.1) is 0 Å². The van der Waals surface area contributed by atoms with Crippen LogP contribution in [-0.4, -0.2) is 22.1 Å². The molecule has 2 heterocycles. The molecular weight excluding hydrogens is 348 g/mol. The van der Waals surface area contributed by atoms with Crippen LogP contribution in [0, 0.1) is 0 Å². The number of aromatic amines is 1. The van der Waals surface area contributed by atoms with E-state index in [1.807, 2.05) is 66.7 Å². The third-order valence-corrected chi connectivity index (χ3v) is 4.31. The minimum absolute atomic E-state index is 0.279. The highest BCUT2D eigenvalue weighted by molar-refractivity contribution is 5.96. The molecule has 2 N–H and O–H groups in total. The maximum absolute atomic E-state index is 12.2. The Morgan fingerprint density at radius 1 is 0.893 bits per heavy atom. The Bertz CT molecular complexity index is 1090. The first-order chi connectivity index (χ1) is 13.8. The Hall–Kier alpha value is -3.99. The Balaban J connectivity index is 1.63. The molecule has 136 valence electrons. The van der Waals surface area contributed by atoms with Gasteiger partial charge in [-0.2, -0.15) is 5.10 Å². The van der Waals surface area contributed by atoms with Crippen molar-refractivity contribution in [3.8, 4) is 22.5 Å². The predicted molar refractivity (Wildman–Crippen MR) is 111 cm³/mol. The van der Waals surface area contributed by atoms with Gasteiger partial charge in [0, 0.05) is 29.2 Å². The SMILES string of the molecule is O=C(NN=Cc1cc(-c2ccccc2)[nH]c1-c1ccccc1)c1ccncc1. The summed E-state index contributed by atoms with van der Waals surface area (Å²) >= 11 is 0. The highest BCUT2D eigenvalue weighted by Crippen LogP contribution is 2.27. The summed E-state index contributed by atoms with van der Waals surface area (Å²) in [6.45, 7) is 0. The average Bonchev–Trinajstić information content (AvgIpc) is 3.20. The number of hydrazone groups is 1. The number of nitrogens with one attached hydrogen (secondary N) is 2. The van der Waals surface area contributed by atoms with Gasteiger partial charge in [0.25, 0.3) is 5.91 Å². The average molecular weight is 366 g/mol. The fraction of sp³-hybridized carbons (Fsp3) is 0. The van der Waals surface area contributed by atoms with Crippen molar-refractivity contribution in [1.29, 1.82) is 0 Å². The Morgan fingerprint density at radius 2 is 1.54 bits per heavy atom. The summed E-state index contributed by atoms with van der Waals surface area (Å²) in [5.74, 6) is -0.279. The lowest BCUT2D eigenvalue weighted by molar-refractivity contribution is 0.0955. The Kier molecular flexibility index (Phi) is 5.06. The first-order valence-electron chi connectivity index (χ1n) is 8.88. The van der Waals surface area contributed by atoms with E-state index in [-0.39, 0.29) is 5.91 Å². The second-order valence-corrected chi connectivity index (χ2v) is 6.18. The number of rotatable bonds is 5. The van der Waals surface area contributed by atoms with Gasteiger partial charge in [0.05, 0.1) is 11.9 Å². The number of carbonyl (C=O) groups excluding carboxylic acids is 1. The van der Waals surface area contributed by atoms with Crippen molar-refractivity contribution in [1.82, 2.24) is 15.4 Å². The molecule has 0 radical (unpaired) electrons. The van der Waals surface area contributed by atoms with Gasteiger partial charge in [-0.05, 0) is 29.3 Å². The lowest BCUT2D eigenvalue weighted by Crippen LogP contribution is -2.17. The standard InChI is InChI=1S/C23H18N4O/c28-23(19-11-13-24-14-12-19)27-25-16-20-15-21(17-7-3-1-4-8-17)26-22(20)18-9-5-2-6-10-18/h1-16,26H,(H,27,28). The van der Waals surface area contributed by atoms with Crippen LogP contribution in [-0.2, 0) is 0 Å². The molecule has 0 aliphatic carbocycles. The van der Waals surface area contributed by atoms with Crippen LogP contribution < -0.4 is 5.43 Å². The molecule has 0 spiro atoms. The van der Waals surface area contributed by atoms with Crippen molar-refractivity contribution < 1.29 is 4.79 Å². The van der Waals surface area contributed by atoms with Gasteiger partial charge in [0.15, 0.2) is 0 Å². The molecule has 0 saturated carbocycles. The van der Waals surface area contributed by atoms with Crippen molar-refractivity contribution in [3.63, 3.8) is 0 Å². The molecule has 28 heavy (non-hydrogen) atoms. The summed E-state index contributed by atoms with van der Waals surface area (Å²) in [5, 5.41) is 4.15. The Labute approximate surface area is 162 Å². The summed E-state index contributed by atoms with van der Waals surface area (Å²) < 4.78 is 0. The third-order valence-electron chi connectivity index (χ3n) is 4.31. The van der Waals surface area contributed by atoms with Crippen molar-refractivity contribution in [2.24, 2.45) is 5.10 Å². The topological polar surface area (TPSA) is 70.1 Å². The first kappa shape index (κ1) is 17.4. The molecule has 0 atom stereocenters. The summed E-state index contributed by atoms with van der Waals surface area (Å²) in [6, 6.07) is 25.4. The minimum Gasteiger partial charge on any atom is -0.354 e. The van der Waals surface area contributed by atoms with E-state index in [1.165, 1.54) is 0 Å². The number of nitrogens with zero attached hydrogens (tertiary/aromatic N) is 2. The molecular formula is C23H18N4O. The molecule has 0 unspecified atom stereocenters. The van der Waals surface area contributed by atoms with Gasteiger partial charge in [-0.1, -0.05) is 60.7 Å². The van der Waals surface area contributed by atoms with Gasteiger partial charge in [0.2, 0.25) is 0 Å². The lowest BCUT2D eigenvalue weighted by Gasteiger charge is -2.01. The minimum atomic E-state index is -0.279. The molecule has 2 aromatic heterocycles. The van der Waals surface area contributed by atoms with Crippen LogP contribution in [0.15, 0.2) is 96.4 Å². The van der Waals surface area contributed by atoms with Gasteiger partial charge in [-0.25, -0.2) is 5.43 Å². The molecule has 0 saturated heterocycles. The van der Waals surface area contributed by atoms with Gasteiger partial charge in [-0.3, -0.25) is 9.78 Å². The number of H-pyrrole nitrogens is 1. The Morgan fingerprint density at radius 3 is 2.21 bits per heavy atom. The fourth-order valence-electron chi connectivity index (χ4n) is 2.92. The van der Waals surface area contributed by atoms with E-state index in [0.29, 0.717) is 5.56 Å². The highest BCUT2D eigenvalue weighted by atomic mass is 16.2. The number of hydrogen-bond acceptors (Lipinski definition) is 3. The van der Waals surface area contributed by atoms with Gasteiger partial charge in [0.1, 0.15) is 0 Å². The van der Waals surface area contributed by atoms with Crippen molar-refractivity contribution in [3.05, 3.63) is 102 Å². The second kappa shape index (κ2) is 8.14. The molecule has 1 amide bonds. The molecule has 4 aromatic rings. The summed E-state index contributed by atoms with van der Waals surface area (Å²) in [4.78, 5) is 19.5. The molecule has 5 heteroatoms. The van der Waals surface area contributed by atoms with E-state index in [9.17, 15) is 4.79 Å². The van der Waals surface area contributed by atoms with Crippen LogP contribution in [0.1, 0.15) is 15.9 Å². The molecule has 0 fully saturated rings. The predicted octanol–water partition coefficient (Wildman–Crippen LogP) is 4.51. The first-order valence-corrected chi connectivity index (χ1v) is 8.88. The molecule has 5 nitrogen and oxygen atoms in total. The van der Waals surface area contributed by atoms with Gasteiger partial charge >= 0.3 is 0 Å².